The normalized spacial score (nSPS) is 21.2. The molecule has 19 heavy (non-hydrogen) atoms. The molecule has 106 valence electrons. The van der Waals surface area contributed by atoms with E-state index in [4.69, 9.17) is 4.84 Å². The zero-order chi connectivity index (χ0) is 13.3. The predicted octanol–water partition coefficient (Wildman–Crippen LogP) is 2.97. The zero-order valence-electron chi connectivity index (χ0n) is 12.0. The molecule has 1 aliphatic heterocycles. The molecule has 2 rings (SSSR count). The van der Waals surface area contributed by atoms with Crippen molar-refractivity contribution in [3.05, 3.63) is 35.9 Å². The van der Waals surface area contributed by atoms with Crippen molar-refractivity contribution in [3.8, 4) is 0 Å². The Hall–Kier alpha value is -0.900. The summed E-state index contributed by atoms with van der Waals surface area (Å²) in [5, 5.41) is 0. The van der Waals surface area contributed by atoms with Gasteiger partial charge in [0.05, 0.1) is 6.61 Å². The molecule has 1 aromatic rings. The van der Waals surface area contributed by atoms with Gasteiger partial charge in [0.25, 0.3) is 0 Å². The smallest absolute Gasteiger partial charge is 0.0933 e. The molecule has 0 bridgehead atoms. The van der Waals surface area contributed by atoms with Crippen LogP contribution in [0.25, 0.3) is 0 Å². The monoisotopic (exact) mass is 262 g/mol. The molecule has 0 aromatic heterocycles. The van der Waals surface area contributed by atoms with E-state index in [2.05, 4.69) is 29.4 Å². The van der Waals surface area contributed by atoms with Crippen molar-refractivity contribution >= 4 is 0 Å². The average molecular weight is 262 g/mol. The molecule has 1 unspecified atom stereocenters. The van der Waals surface area contributed by atoms with Crippen LogP contribution in [0.4, 0.5) is 0 Å². The van der Waals surface area contributed by atoms with E-state index in [0.29, 0.717) is 12.6 Å². The topological polar surface area (TPSA) is 24.5 Å². The molecule has 1 heterocycles. The molecule has 0 aliphatic carbocycles. The highest BCUT2D eigenvalue weighted by Crippen LogP contribution is 2.11. The molecule has 0 radical (unpaired) electrons. The van der Waals surface area contributed by atoms with Crippen LogP contribution in [0.1, 0.15) is 38.2 Å². The van der Waals surface area contributed by atoms with Crippen LogP contribution in [0, 0.1) is 0 Å². The Morgan fingerprint density at radius 1 is 1.21 bits per heavy atom. The molecule has 1 atom stereocenters. The first kappa shape index (κ1) is 14.5. The van der Waals surface area contributed by atoms with Crippen molar-refractivity contribution < 1.29 is 4.84 Å². The molecule has 1 aromatic carbocycles. The number of nitrogens with one attached hydrogen (secondary N) is 1. The van der Waals surface area contributed by atoms with Gasteiger partial charge in [-0.3, -0.25) is 4.84 Å². The van der Waals surface area contributed by atoms with Gasteiger partial charge in [0, 0.05) is 6.04 Å². The van der Waals surface area contributed by atoms with Crippen molar-refractivity contribution in [2.45, 2.75) is 45.3 Å². The van der Waals surface area contributed by atoms with Gasteiger partial charge in [-0.05, 0) is 50.9 Å². The largest absolute Gasteiger partial charge is 0.303 e. The Balaban J connectivity index is 1.66. The number of benzene rings is 1. The Morgan fingerprint density at radius 2 is 2.05 bits per heavy atom. The summed E-state index contributed by atoms with van der Waals surface area (Å²) < 4.78 is 0. The van der Waals surface area contributed by atoms with Crippen LogP contribution in [-0.2, 0) is 11.4 Å². The maximum atomic E-state index is 5.64. The Kier molecular flexibility index (Phi) is 6.34. The Morgan fingerprint density at radius 3 is 2.84 bits per heavy atom. The third-order valence-corrected chi connectivity index (χ3v) is 3.69. The maximum Gasteiger partial charge on any atom is 0.0933 e. The molecule has 0 spiro atoms. The minimum Gasteiger partial charge on any atom is -0.303 e. The van der Waals surface area contributed by atoms with Gasteiger partial charge in [0.1, 0.15) is 0 Å². The van der Waals surface area contributed by atoms with Crippen molar-refractivity contribution in [2.24, 2.45) is 0 Å². The van der Waals surface area contributed by atoms with E-state index < -0.39 is 0 Å². The molecule has 1 saturated heterocycles. The summed E-state index contributed by atoms with van der Waals surface area (Å²) in [6.07, 6.45) is 4.93. The van der Waals surface area contributed by atoms with Gasteiger partial charge in [0.2, 0.25) is 0 Å². The lowest BCUT2D eigenvalue weighted by molar-refractivity contribution is 0.000415. The maximum absolute atomic E-state index is 5.64. The lowest BCUT2D eigenvalue weighted by Crippen LogP contribution is -2.31. The van der Waals surface area contributed by atoms with E-state index >= 15 is 0 Å². The molecule has 1 N–H and O–H groups in total. The third-order valence-electron chi connectivity index (χ3n) is 3.69. The van der Waals surface area contributed by atoms with Crippen LogP contribution in [0.15, 0.2) is 30.3 Å². The van der Waals surface area contributed by atoms with E-state index in [9.17, 15) is 0 Å². The number of rotatable bonds is 6. The Bertz CT molecular complexity index is 342. The van der Waals surface area contributed by atoms with Gasteiger partial charge in [-0.25, -0.2) is 0 Å². The van der Waals surface area contributed by atoms with Crippen LogP contribution in [0.5, 0.6) is 0 Å². The standard InChI is InChI=1S/C16H26N2O/c1-2-11-18-12-6-9-16(10-13-18)17-19-14-15-7-4-3-5-8-15/h3-5,7-8,16-17H,2,6,9-14H2,1H3. The summed E-state index contributed by atoms with van der Waals surface area (Å²) in [5.41, 5.74) is 4.46. The minimum atomic E-state index is 0.505. The molecule has 0 saturated carbocycles. The van der Waals surface area contributed by atoms with Gasteiger partial charge in [-0.1, -0.05) is 37.3 Å². The predicted molar refractivity (Wildman–Crippen MR) is 78.7 cm³/mol. The quantitative estimate of drug-likeness (QED) is 0.798. The third kappa shape index (κ3) is 5.31. The van der Waals surface area contributed by atoms with Crippen LogP contribution in [0.2, 0.25) is 0 Å². The highest BCUT2D eigenvalue weighted by molar-refractivity contribution is 5.13. The van der Waals surface area contributed by atoms with Gasteiger partial charge in [-0.15, -0.1) is 0 Å². The first-order chi connectivity index (χ1) is 9.38. The fourth-order valence-corrected chi connectivity index (χ4v) is 2.63. The van der Waals surface area contributed by atoms with Gasteiger partial charge in [-0.2, -0.15) is 5.48 Å². The van der Waals surface area contributed by atoms with Crippen molar-refractivity contribution in [1.82, 2.24) is 10.4 Å². The van der Waals surface area contributed by atoms with E-state index in [1.54, 1.807) is 0 Å². The SMILES string of the molecule is CCCN1CCCC(NOCc2ccccc2)CC1. The average Bonchev–Trinajstić information content (AvgIpc) is 2.66. The molecule has 3 nitrogen and oxygen atoms in total. The molecule has 3 heteroatoms. The summed E-state index contributed by atoms with van der Waals surface area (Å²) in [5.74, 6) is 0. The number of nitrogens with zero attached hydrogens (tertiary/aromatic N) is 1. The van der Waals surface area contributed by atoms with E-state index in [0.717, 1.165) is 0 Å². The molecule has 1 aliphatic rings. The van der Waals surface area contributed by atoms with E-state index in [1.807, 2.05) is 18.2 Å². The summed E-state index contributed by atoms with van der Waals surface area (Å²) in [6, 6.07) is 10.8. The van der Waals surface area contributed by atoms with Gasteiger partial charge in [0.15, 0.2) is 0 Å². The first-order valence-corrected chi connectivity index (χ1v) is 7.52. The molecule has 1 fully saturated rings. The van der Waals surface area contributed by atoms with Crippen molar-refractivity contribution in [1.29, 1.82) is 0 Å². The zero-order valence-corrected chi connectivity index (χ0v) is 12.0. The molecular weight excluding hydrogens is 236 g/mol. The molecular formula is C16H26N2O. The molecule has 0 amide bonds. The fourth-order valence-electron chi connectivity index (χ4n) is 2.63. The summed E-state index contributed by atoms with van der Waals surface area (Å²) >= 11 is 0. The highest BCUT2D eigenvalue weighted by Gasteiger charge is 2.16. The van der Waals surface area contributed by atoms with Gasteiger partial charge < -0.3 is 4.90 Å². The lowest BCUT2D eigenvalue weighted by atomic mass is 10.1. The minimum absolute atomic E-state index is 0.505. The number of likely N-dealkylation sites (tertiary alicyclic amines) is 1. The highest BCUT2D eigenvalue weighted by atomic mass is 16.6. The lowest BCUT2D eigenvalue weighted by Gasteiger charge is -2.19. The number of hydrogen-bond donors (Lipinski definition) is 1. The van der Waals surface area contributed by atoms with Crippen molar-refractivity contribution in [2.75, 3.05) is 19.6 Å². The number of hydrogen-bond acceptors (Lipinski definition) is 3. The summed E-state index contributed by atoms with van der Waals surface area (Å²) in [7, 11) is 0. The second-order valence-electron chi connectivity index (χ2n) is 5.36. The van der Waals surface area contributed by atoms with Crippen LogP contribution >= 0.6 is 0 Å². The number of hydroxylamine groups is 1. The van der Waals surface area contributed by atoms with Crippen LogP contribution < -0.4 is 5.48 Å². The fraction of sp³-hybridized carbons (Fsp3) is 0.625. The van der Waals surface area contributed by atoms with E-state index in [-0.39, 0.29) is 0 Å². The second kappa shape index (κ2) is 8.31. The summed E-state index contributed by atoms with van der Waals surface area (Å²) in [6.45, 7) is 6.57. The van der Waals surface area contributed by atoms with Crippen molar-refractivity contribution in [3.63, 3.8) is 0 Å². The van der Waals surface area contributed by atoms with Crippen LogP contribution in [-0.4, -0.2) is 30.6 Å². The first-order valence-electron chi connectivity index (χ1n) is 7.52. The second-order valence-corrected chi connectivity index (χ2v) is 5.36. The summed E-state index contributed by atoms with van der Waals surface area (Å²) in [4.78, 5) is 8.21. The van der Waals surface area contributed by atoms with Gasteiger partial charge >= 0.3 is 0 Å². The van der Waals surface area contributed by atoms with E-state index in [1.165, 1.54) is 50.9 Å². The van der Waals surface area contributed by atoms with Crippen LogP contribution in [0.3, 0.4) is 0 Å². The Labute approximate surface area is 116 Å².